The summed E-state index contributed by atoms with van der Waals surface area (Å²) in [6.07, 6.45) is 3.21. The summed E-state index contributed by atoms with van der Waals surface area (Å²) in [7, 11) is 2.01. The molecule has 29 heavy (non-hydrogen) atoms. The fraction of sp³-hybridized carbons (Fsp3) is 0.500. The third kappa shape index (κ3) is 6.09. The van der Waals surface area contributed by atoms with Crippen molar-refractivity contribution in [1.82, 2.24) is 14.9 Å². The molecule has 0 spiro atoms. The molecule has 156 valence electrons. The van der Waals surface area contributed by atoms with E-state index in [2.05, 4.69) is 28.7 Å². The number of piperidine rings is 1. The summed E-state index contributed by atoms with van der Waals surface area (Å²) in [6, 6.07) is 9.68. The summed E-state index contributed by atoms with van der Waals surface area (Å²) < 4.78 is 0. The summed E-state index contributed by atoms with van der Waals surface area (Å²) in [5.41, 5.74) is 1.84. The normalized spacial score (nSPS) is 14.8. The van der Waals surface area contributed by atoms with Crippen LogP contribution in [0.1, 0.15) is 49.0 Å². The standard InChI is InChI=1S/C22H29ClN4OS/c1-4-10-26(3)20-14-19(23)24-22(25-20)29-15-17-6-5-7-18(13-17)21(28)27-11-8-16(2)9-12-27/h5-7,13-14,16H,4,8-12,15H2,1-3H3. The highest BCUT2D eigenvalue weighted by Crippen LogP contribution is 2.25. The first-order chi connectivity index (χ1) is 14.0. The van der Waals surface area contributed by atoms with E-state index in [1.807, 2.05) is 36.2 Å². The van der Waals surface area contributed by atoms with Crippen LogP contribution in [0, 0.1) is 5.92 Å². The minimum Gasteiger partial charge on any atom is -0.360 e. The predicted molar refractivity (Wildman–Crippen MR) is 121 cm³/mol. The lowest BCUT2D eigenvalue weighted by atomic mass is 9.98. The second kappa shape index (κ2) is 10.3. The van der Waals surface area contributed by atoms with Crippen molar-refractivity contribution < 1.29 is 4.79 Å². The molecule has 7 heteroatoms. The van der Waals surface area contributed by atoms with E-state index in [1.54, 1.807) is 6.07 Å². The minimum absolute atomic E-state index is 0.131. The van der Waals surface area contributed by atoms with Crippen LogP contribution >= 0.6 is 23.4 Å². The van der Waals surface area contributed by atoms with Crippen molar-refractivity contribution in [3.8, 4) is 0 Å². The van der Waals surface area contributed by atoms with Crippen LogP contribution in [0.2, 0.25) is 5.15 Å². The zero-order valence-electron chi connectivity index (χ0n) is 17.4. The number of carbonyl (C=O) groups excluding carboxylic acids is 1. The molecule has 1 saturated heterocycles. The number of thioether (sulfide) groups is 1. The molecule has 1 amide bonds. The molecule has 2 aromatic rings. The molecule has 0 aliphatic carbocycles. The van der Waals surface area contributed by atoms with Gasteiger partial charge in [-0.3, -0.25) is 4.79 Å². The average molecular weight is 433 g/mol. The predicted octanol–water partition coefficient (Wildman–Crippen LogP) is 5.14. The second-order valence-electron chi connectivity index (χ2n) is 7.72. The average Bonchev–Trinajstić information content (AvgIpc) is 2.72. The second-order valence-corrected chi connectivity index (χ2v) is 9.05. The van der Waals surface area contributed by atoms with Gasteiger partial charge >= 0.3 is 0 Å². The number of benzene rings is 1. The molecule has 1 aliphatic heterocycles. The molecule has 0 atom stereocenters. The lowest BCUT2D eigenvalue weighted by molar-refractivity contribution is 0.0697. The Hall–Kier alpha value is -1.79. The van der Waals surface area contributed by atoms with Crippen molar-refractivity contribution in [2.24, 2.45) is 5.92 Å². The SMILES string of the molecule is CCCN(C)c1cc(Cl)nc(SCc2cccc(C(=O)N3CCC(C)CC3)c2)n1. The summed E-state index contributed by atoms with van der Waals surface area (Å²) in [6.45, 7) is 7.00. The maximum Gasteiger partial charge on any atom is 0.253 e. The molecule has 0 saturated carbocycles. The van der Waals surface area contributed by atoms with E-state index < -0.39 is 0 Å². The Morgan fingerprint density at radius 3 is 2.76 bits per heavy atom. The highest BCUT2D eigenvalue weighted by atomic mass is 35.5. The number of nitrogens with zero attached hydrogens (tertiary/aromatic N) is 4. The first-order valence-electron chi connectivity index (χ1n) is 10.2. The van der Waals surface area contributed by atoms with Gasteiger partial charge in [0.05, 0.1) is 0 Å². The van der Waals surface area contributed by atoms with Gasteiger partial charge in [0.15, 0.2) is 5.16 Å². The third-order valence-electron chi connectivity index (χ3n) is 5.22. The van der Waals surface area contributed by atoms with Crippen LogP contribution in [-0.4, -0.2) is 47.5 Å². The van der Waals surface area contributed by atoms with Gasteiger partial charge in [-0.2, -0.15) is 0 Å². The van der Waals surface area contributed by atoms with E-state index in [0.717, 1.165) is 55.8 Å². The number of halogens is 1. The van der Waals surface area contributed by atoms with Gasteiger partial charge < -0.3 is 9.80 Å². The molecule has 1 aromatic heterocycles. The topological polar surface area (TPSA) is 49.3 Å². The first kappa shape index (κ1) is 21.9. The van der Waals surface area contributed by atoms with Crippen LogP contribution in [0.3, 0.4) is 0 Å². The quantitative estimate of drug-likeness (QED) is 0.344. The highest BCUT2D eigenvalue weighted by molar-refractivity contribution is 7.98. The molecule has 1 fully saturated rings. The van der Waals surface area contributed by atoms with E-state index in [1.165, 1.54) is 11.8 Å². The Morgan fingerprint density at radius 2 is 2.03 bits per heavy atom. The lowest BCUT2D eigenvalue weighted by Crippen LogP contribution is -2.37. The largest absolute Gasteiger partial charge is 0.360 e. The molecular weight excluding hydrogens is 404 g/mol. The molecular formula is C22H29ClN4OS. The third-order valence-corrected chi connectivity index (χ3v) is 6.34. The highest BCUT2D eigenvalue weighted by Gasteiger charge is 2.21. The lowest BCUT2D eigenvalue weighted by Gasteiger charge is -2.30. The fourth-order valence-electron chi connectivity index (χ4n) is 3.43. The number of amides is 1. The first-order valence-corrected chi connectivity index (χ1v) is 11.6. The minimum atomic E-state index is 0.131. The van der Waals surface area contributed by atoms with Crippen LogP contribution in [-0.2, 0) is 5.75 Å². The summed E-state index contributed by atoms with van der Waals surface area (Å²) in [4.78, 5) is 25.9. The maximum atomic E-state index is 12.8. The molecule has 3 rings (SSSR count). The monoisotopic (exact) mass is 432 g/mol. The molecule has 0 N–H and O–H groups in total. The molecule has 5 nitrogen and oxygen atoms in total. The van der Waals surface area contributed by atoms with Gasteiger partial charge in [0.1, 0.15) is 11.0 Å². The van der Waals surface area contributed by atoms with Crippen LogP contribution in [0.5, 0.6) is 0 Å². The van der Waals surface area contributed by atoms with E-state index >= 15 is 0 Å². The van der Waals surface area contributed by atoms with Gasteiger partial charge in [0.2, 0.25) is 0 Å². The van der Waals surface area contributed by atoms with E-state index in [9.17, 15) is 4.79 Å². The van der Waals surface area contributed by atoms with E-state index in [4.69, 9.17) is 11.6 Å². The Morgan fingerprint density at radius 1 is 1.28 bits per heavy atom. The molecule has 1 aromatic carbocycles. The smallest absolute Gasteiger partial charge is 0.253 e. The Bertz CT molecular complexity index is 839. The number of rotatable bonds is 7. The Kier molecular flexibility index (Phi) is 7.78. The van der Waals surface area contributed by atoms with Gasteiger partial charge in [-0.1, -0.05) is 49.3 Å². The molecule has 0 radical (unpaired) electrons. The number of carbonyl (C=O) groups is 1. The van der Waals surface area contributed by atoms with E-state index in [0.29, 0.717) is 22.0 Å². The Labute approximate surface area is 182 Å². The van der Waals surface area contributed by atoms with Gasteiger partial charge in [-0.05, 0) is 42.9 Å². The summed E-state index contributed by atoms with van der Waals surface area (Å²) >= 11 is 7.73. The van der Waals surface area contributed by atoms with Crippen molar-refractivity contribution in [1.29, 1.82) is 0 Å². The summed E-state index contributed by atoms with van der Waals surface area (Å²) in [5.74, 6) is 2.36. The molecule has 2 heterocycles. The Balaban J connectivity index is 1.66. The zero-order chi connectivity index (χ0) is 20.8. The van der Waals surface area contributed by atoms with Crippen LogP contribution < -0.4 is 4.90 Å². The summed E-state index contributed by atoms with van der Waals surface area (Å²) in [5, 5.41) is 1.10. The maximum absolute atomic E-state index is 12.8. The van der Waals surface area contributed by atoms with Gasteiger partial charge in [-0.25, -0.2) is 9.97 Å². The van der Waals surface area contributed by atoms with E-state index in [-0.39, 0.29) is 5.91 Å². The molecule has 0 bridgehead atoms. The van der Waals surface area contributed by atoms with Gasteiger partial charge in [0, 0.05) is 44.1 Å². The van der Waals surface area contributed by atoms with Gasteiger partial charge in [0.25, 0.3) is 5.91 Å². The van der Waals surface area contributed by atoms with Crippen LogP contribution in [0.25, 0.3) is 0 Å². The molecule has 1 aliphatic rings. The van der Waals surface area contributed by atoms with Crippen molar-refractivity contribution in [2.45, 2.75) is 44.0 Å². The van der Waals surface area contributed by atoms with Crippen molar-refractivity contribution in [3.63, 3.8) is 0 Å². The number of aromatic nitrogens is 2. The van der Waals surface area contributed by atoms with Crippen molar-refractivity contribution >= 4 is 35.1 Å². The van der Waals surface area contributed by atoms with Gasteiger partial charge in [-0.15, -0.1) is 0 Å². The fourth-order valence-corrected chi connectivity index (χ4v) is 4.46. The molecule has 0 unspecified atom stereocenters. The number of hydrogen-bond acceptors (Lipinski definition) is 5. The zero-order valence-corrected chi connectivity index (χ0v) is 19.0. The van der Waals surface area contributed by atoms with Crippen molar-refractivity contribution in [2.75, 3.05) is 31.6 Å². The number of likely N-dealkylation sites (tertiary alicyclic amines) is 1. The van der Waals surface area contributed by atoms with Crippen LogP contribution in [0.4, 0.5) is 5.82 Å². The van der Waals surface area contributed by atoms with Crippen molar-refractivity contribution in [3.05, 3.63) is 46.6 Å². The number of anilines is 1. The van der Waals surface area contributed by atoms with Crippen LogP contribution in [0.15, 0.2) is 35.5 Å². The number of hydrogen-bond donors (Lipinski definition) is 0.